The Bertz CT molecular complexity index is 119. The average molecular weight is 158 g/mol. The van der Waals surface area contributed by atoms with Gasteiger partial charge in [0, 0.05) is 0 Å². The van der Waals surface area contributed by atoms with Gasteiger partial charge in [0.2, 0.25) is 0 Å². The van der Waals surface area contributed by atoms with Crippen LogP contribution in [0, 0.1) is 0 Å². The van der Waals surface area contributed by atoms with E-state index >= 15 is 0 Å². The highest BCUT2D eigenvalue weighted by atomic mass is 35.5. The van der Waals surface area contributed by atoms with Crippen LogP contribution < -0.4 is 5.73 Å². The van der Waals surface area contributed by atoms with Crippen LogP contribution in [-0.2, 0) is 0 Å². The molecule has 0 unspecified atom stereocenters. The molecule has 1 aromatic heterocycles. The molecule has 0 saturated heterocycles. The number of rotatable bonds is 0. The van der Waals surface area contributed by atoms with Gasteiger partial charge in [-0.05, 0) is 5.16 Å². The molecule has 0 saturated carbocycles. The van der Waals surface area contributed by atoms with Gasteiger partial charge in [0.1, 0.15) is 6.20 Å². The number of nitrogens with zero attached hydrogens (tertiary/aromatic N) is 2. The minimum absolute atomic E-state index is 0. The van der Waals surface area contributed by atoms with Crippen molar-refractivity contribution in [3.63, 3.8) is 0 Å². The summed E-state index contributed by atoms with van der Waals surface area (Å²) in [6.07, 6.45) is 1.33. The minimum Gasteiger partial charge on any atom is -0.380 e. The summed E-state index contributed by atoms with van der Waals surface area (Å²) >= 11 is 0. The van der Waals surface area contributed by atoms with E-state index in [2.05, 4.69) is 14.9 Å². The lowest BCUT2D eigenvalue weighted by molar-refractivity contribution is 0.309. The molecule has 2 N–H and O–H groups in total. The predicted octanol–water partition coefficient (Wildman–Crippen LogP) is 0.495. The van der Waals surface area contributed by atoms with E-state index in [9.17, 15) is 0 Å². The maximum Gasteiger partial charge on any atom is 0.188 e. The summed E-state index contributed by atoms with van der Waals surface area (Å²) in [5, 5.41) is 6.42. The minimum atomic E-state index is 0. The predicted molar refractivity (Wildman–Crippen MR) is 33.2 cm³/mol. The molecule has 48 valence electrons. The molecule has 0 aromatic carbocycles. The Morgan fingerprint density at radius 1 is 1.50 bits per heavy atom. The van der Waals surface area contributed by atoms with Crippen LogP contribution in [0.25, 0.3) is 0 Å². The first-order chi connectivity index (χ1) is 2.89. The summed E-state index contributed by atoms with van der Waals surface area (Å²) in [4.78, 5) is 0. The Morgan fingerprint density at radius 3 is 2.25 bits per heavy atom. The summed E-state index contributed by atoms with van der Waals surface area (Å²) in [5.41, 5.74) is 5.01. The van der Waals surface area contributed by atoms with Crippen molar-refractivity contribution in [2.45, 2.75) is 0 Å². The fourth-order valence-electron chi connectivity index (χ4n) is 0.172. The lowest BCUT2D eigenvalue weighted by Gasteiger charge is -1.61. The van der Waals surface area contributed by atoms with Gasteiger partial charge < -0.3 is 5.73 Å². The van der Waals surface area contributed by atoms with Gasteiger partial charge in [0.15, 0.2) is 5.82 Å². The molecule has 0 aliphatic heterocycles. The van der Waals surface area contributed by atoms with E-state index in [0.717, 1.165) is 0 Å². The maximum atomic E-state index is 5.01. The van der Waals surface area contributed by atoms with Crippen LogP contribution in [0.4, 0.5) is 5.82 Å². The lowest BCUT2D eigenvalue weighted by Crippen LogP contribution is -1.79. The quantitative estimate of drug-likeness (QED) is 0.596. The highest BCUT2D eigenvalue weighted by molar-refractivity contribution is 5.85. The van der Waals surface area contributed by atoms with Gasteiger partial charge >= 0.3 is 0 Å². The molecular formula is C2H5Cl2N3O. The van der Waals surface area contributed by atoms with E-state index < -0.39 is 0 Å². The van der Waals surface area contributed by atoms with Crippen molar-refractivity contribution in [2.75, 3.05) is 5.73 Å². The zero-order chi connectivity index (χ0) is 4.41. The SMILES string of the molecule is Cl.Cl.Nc1cnon1. The highest BCUT2D eigenvalue weighted by Crippen LogP contribution is 1.84. The molecule has 1 aromatic rings. The van der Waals surface area contributed by atoms with Crippen molar-refractivity contribution in [3.05, 3.63) is 6.20 Å². The van der Waals surface area contributed by atoms with E-state index in [1.165, 1.54) is 6.20 Å². The van der Waals surface area contributed by atoms with Crippen LogP contribution >= 0.6 is 24.8 Å². The Morgan fingerprint density at radius 2 is 2.12 bits per heavy atom. The third kappa shape index (κ3) is 2.65. The third-order valence-corrected chi connectivity index (χ3v) is 0.378. The largest absolute Gasteiger partial charge is 0.380 e. The monoisotopic (exact) mass is 157 g/mol. The number of hydrogen-bond acceptors (Lipinski definition) is 4. The normalized spacial score (nSPS) is 6.50. The first-order valence-corrected chi connectivity index (χ1v) is 1.42. The lowest BCUT2D eigenvalue weighted by atomic mass is 10.8. The van der Waals surface area contributed by atoms with Gasteiger partial charge in [-0.1, -0.05) is 5.16 Å². The molecule has 0 aliphatic carbocycles. The molecule has 0 spiro atoms. The number of aromatic nitrogens is 2. The van der Waals surface area contributed by atoms with Crippen LogP contribution in [0.15, 0.2) is 10.8 Å². The first-order valence-electron chi connectivity index (χ1n) is 1.42. The molecule has 8 heavy (non-hydrogen) atoms. The van der Waals surface area contributed by atoms with Crippen molar-refractivity contribution in [2.24, 2.45) is 0 Å². The smallest absolute Gasteiger partial charge is 0.188 e. The van der Waals surface area contributed by atoms with Crippen molar-refractivity contribution < 1.29 is 4.63 Å². The summed E-state index contributed by atoms with van der Waals surface area (Å²) < 4.78 is 4.09. The van der Waals surface area contributed by atoms with E-state index in [-0.39, 0.29) is 24.8 Å². The number of nitrogens with two attached hydrogens (primary N) is 1. The molecule has 0 bridgehead atoms. The average Bonchev–Trinajstić information content (AvgIpc) is 1.86. The maximum absolute atomic E-state index is 5.01. The summed E-state index contributed by atoms with van der Waals surface area (Å²) in [6.45, 7) is 0. The van der Waals surface area contributed by atoms with Crippen molar-refractivity contribution >= 4 is 30.6 Å². The number of hydrogen-bond donors (Lipinski definition) is 1. The topological polar surface area (TPSA) is 64.9 Å². The first kappa shape index (κ1) is 10.5. The highest BCUT2D eigenvalue weighted by Gasteiger charge is 1.80. The van der Waals surface area contributed by atoms with Crippen LogP contribution in [0.1, 0.15) is 0 Å². The van der Waals surface area contributed by atoms with Gasteiger partial charge in [-0.25, -0.2) is 4.63 Å². The molecule has 6 heteroatoms. The fraction of sp³-hybridized carbons (Fsp3) is 0. The summed E-state index contributed by atoms with van der Waals surface area (Å²) in [7, 11) is 0. The van der Waals surface area contributed by atoms with E-state index in [1.807, 2.05) is 0 Å². The van der Waals surface area contributed by atoms with E-state index in [4.69, 9.17) is 5.73 Å². The molecule has 0 radical (unpaired) electrons. The van der Waals surface area contributed by atoms with E-state index in [1.54, 1.807) is 0 Å². The van der Waals surface area contributed by atoms with Crippen molar-refractivity contribution in [3.8, 4) is 0 Å². The number of nitrogen functional groups attached to an aromatic ring is 1. The number of anilines is 1. The second kappa shape index (κ2) is 4.67. The van der Waals surface area contributed by atoms with Crippen LogP contribution in [-0.4, -0.2) is 10.3 Å². The fourth-order valence-corrected chi connectivity index (χ4v) is 0.172. The van der Waals surface area contributed by atoms with Crippen LogP contribution in [0.3, 0.4) is 0 Å². The standard InChI is InChI=1S/C2H3N3O.2ClH/c3-2-1-4-6-5-2;;/h1H,(H2,3,5);2*1H. The van der Waals surface area contributed by atoms with Crippen molar-refractivity contribution in [1.29, 1.82) is 0 Å². The van der Waals surface area contributed by atoms with Crippen LogP contribution in [0.2, 0.25) is 0 Å². The Hall–Kier alpha value is -0.480. The Balaban J connectivity index is 0. The van der Waals surface area contributed by atoms with Gasteiger partial charge in [-0.15, -0.1) is 24.8 Å². The summed E-state index contributed by atoms with van der Waals surface area (Å²) in [6, 6.07) is 0. The molecule has 0 fully saturated rings. The Kier molecular flexibility index (Phi) is 6.13. The third-order valence-electron chi connectivity index (χ3n) is 0.378. The molecule has 1 rings (SSSR count). The molecule has 1 heterocycles. The van der Waals surface area contributed by atoms with Gasteiger partial charge in [0.05, 0.1) is 0 Å². The molecule has 4 nitrogen and oxygen atoms in total. The molecular weight excluding hydrogens is 153 g/mol. The summed E-state index contributed by atoms with van der Waals surface area (Å²) in [5.74, 6) is 0.315. The van der Waals surface area contributed by atoms with Gasteiger partial charge in [0.25, 0.3) is 0 Å². The molecule has 0 amide bonds. The van der Waals surface area contributed by atoms with Gasteiger partial charge in [-0.3, -0.25) is 0 Å². The molecule has 0 aliphatic rings. The zero-order valence-corrected chi connectivity index (χ0v) is 5.41. The van der Waals surface area contributed by atoms with Crippen molar-refractivity contribution in [1.82, 2.24) is 10.3 Å². The molecule has 0 atom stereocenters. The van der Waals surface area contributed by atoms with Crippen LogP contribution in [0.5, 0.6) is 0 Å². The van der Waals surface area contributed by atoms with E-state index in [0.29, 0.717) is 5.82 Å². The Labute approximate surface area is 58.2 Å². The second-order valence-electron chi connectivity index (χ2n) is 0.832. The van der Waals surface area contributed by atoms with Gasteiger partial charge in [-0.2, -0.15) is 0 Å². The zero-order valence-electron chi connectivity index (χ0n) is 3.77. The second-order valence-corrected chi connectivity index (χ2v) is 0.832. The number of halogens is 2.